The summed E-state index contributed by atoms with van der Waals surface area (Å²) < 4.78 is 0. The fraction of sp³-hybridized carbons (Fsp3) is 0.583. The second-order valence-corrected chi connectivity index (χ2v) is 4.31. The van der Waals surface area contributed by atoms with Crippen molar-refractivity contribution in [2.75, 3.05) is 18.0 Å². The summed E-state index contributed by atoms with van der Waals surface area (Å²) in [6.45, 7) is 7.86. The van der Waals surface area contributed by atoms with Crippen molar-refractivity contribution in [1.29, 1.82) is 5.41 Å². The third kappa shape index (κ3) is 4.01. The van der Waals surface area contributed by atoms with Crippen LogP contribution in [0.15, 0.2) is 12.4 Å². The van der Waals surface area contributed by atoms with Gasteiger partial charge in [-0.05, 0) is 12.8 Å². The van der Waals surface area contributed by atoms with Crippen LogP contribution in [-0.4, -0.2) is 28.9 Å². The molecule has 1 heterocycles. The van der Waals surface area contributed by atoms with Crippen LogP contribution in [0.2, 0.25) is 0 Å². The van der Waals surface area contributed by atoms with E-state index in [-0.39, 0.29) is 5.84 Å². The van der Waals surface area contributed by atoms with E-state index in [1.165, 1.54) is 0 Å². The second-order valence-electron chi connectivity index (χ2n) is 4.31. The van der Waals surface area contributed by atoms with Gasteiger partial charge in [-0.2, -0.15) is 0 Å². The first-order chi connectivity index (χ1) is 8.04. The van der Waals surface area contributed by atoms with Gasteiger partial charge < -0.3 is 10.6 Å². The molecule has 0 saturated heterocycles. The highest BCUT2D eigenvalue weighted by Gasteiger charge is 2.09. The molecule has 0 radical (unpaired) electrons. The Morgan fingerprint density at radius 1 is 1.47 bits per heavy atom. The monoisotopic (exact) mass is 235 g/mol. The summed E-state index contributed by atoms with van der Waals surface area (Å²) in [5.74, 6) is 1.51. The van der Waals surface area contributed by atoms with Gasteiger partial charge in [0, 0.05) is 31.3 Å². The van der Waals surface area contributed by atoms with Gasteiger partial charge in [-0.25, -0.2) is 9.97 Å². The SMILES string of the molecule is CCN(CCC(=N)N)c1cc(C(C)C)ncn1. The van der Waals surface area contributed by atoms with Gasteiger partial charge >= 0.3 is 0 Å². The second kappa shape index (κ2) is 6.18. The average Bonchev–Trinajstić information content (AvgIpc) is 2.30. The molecule has 0 unspecified atom stereocenters. The van der Waals surface area contributed by atoms with E-state index in [2.05, 4.69) is 35.6 Å². The van der Waals surface area contributed by atoms with E-state index in [4.69, 9.17) is 11.1 Å². The molecule has 0 aliphatic rings. The number of nitrogens with zero attached hydrogens (tertiary/aromatic N) is 3. The molecule has 17 heavy (non-hydrogen) atoms. The molecular formula is C12H21N5. The largest absolute Gasteiger partial charge is 0.388 e. The first-order valence-electron chi connectivity index (χ1n) is 5.94. The number of amidine groups is 1. The lowest BCUT2D eigenvalue weighted by atomic mass is 10.1. The van der Waals surface area contributed by atoms with E-state index >= 15 is 0 Å². The minimum absolute atomic E-state index is 0.210. The fourth-order valence-electron chi connectivity index (χ4n) is 1.54. The highest BCUT2D eigenvalue weighted by Crippen LogP contribution is 2.16. The van der Waals surface area contributed by atoms with Crippen molar-refractivity contribution in [1.82, 2.24) is 9.97 Å². The summed E-state index contributed by atoms with van der Waals surface area (Å²) in [5, 5.41) is 7.25. The molecule has 0 bridgehead atoms. The molecule has 0 aromatic carbocycles. The van der Waals surface area contributed by atoms with Crippen LogP contribution in [0.5, 0.6) is 0 Å². The molecule has 0 fully saturated rings. The third-order valence-corrected chi connectivity index (χ3v) is 2.62. The lowest BCUT2D eigenvalue weighted by Gasteiger charge is -2.22. The molecule has 1 rings (SSSR count). The summed E-state index contributed by atoms with van der Waals surface area (Å²) in [7, 11) is 0. The van der Waals surface area contributed by atoms with Crippen molar-refractivity contribution < 1.29 is 0 Å². The summed E-state index contributed by atoms with van der Waals surface area (Å²) in [4.78, 5) is 10.6. The molecule has 5 nitrogen and oxygen atoms in total. The predicted octanol–water partition coefficient (Wildman–Crippen LogP) is 1.75. The molecule has 1 aromatic rings. The van der Waals surface area contributed by atoms with Crippen molar-refractivity contribution in [3.8, 4) is 0 Å². The number of aromatic nitrogens is 2. The van der Waals surface area contributed by atoms with Gasteiger partial charge in [0.15, 0.2) is 0 Å². The maximum Gasteiger partial charge on any atom is 0.132 e. The zero-order chi connectivity index (χ0) is 12.8. The summed E-state index contributed by atoms with van der Waals surface area (Å²) >= 11 is 0. The smallest absolute Gasteiger partial charge is 0.132 e. The zero-order valence-electron chi connectivity index (χ0n) is 10.8. The van der Waals surface area contributed by atoms with E-state index in [9.17, 15) is 0 Å². The molecule has 0 aliphatic carbocycles. The molecule has 0 saturated carbocycles. The van der Waals surface area contributed by atoms with Crippen molar-refractivity contribution in [3.63, 3.8) is 0 Å². The van der Waals surface area contributed by atoms with Crippen LogP contribution in [0.3, 0.4) is 0 Å². The van der Waals surface area contributed by atoms with Gasteiger partial charge in [0.1, 0.15) is 12.1 Å². The number of nitrogens with two attached hydrogens (primary N) is 1. The maximum absolute atomic E-state index is 7.25. The fourth-order valence-corrected chi connectivity index (χ4v) is 1.54. The number of rotatable bonds is 6. The molecule has 94 valence electrons. The lowest BCUT2D eigenvalue weighted by Crippen LogP contribution is -2.28. The van der Waals surface area contributed by atoms with E-state index in [0.29, 0.717) is 12.3 Å². The third-order valence-electron chi connectivity index (χ3n) is 2.62. The summed E-state index contributed by atoms with van der Waals surface area (Å²) in [5.41, 5.74) is 6.41. The Balaban J connectivity index is 2.80. The van der Waals surface area contributed by atoms with Gasteiger partial charge in [0.25, 0.3) is 0 Å². The van der Waals surface area contributed by atoms with Gasteiger partial charge in [-0.15, -0.1) is 0 Å². The molecular weight excluding hydrogens is 214 g/mol. The first kappa shape index (κ1) is 13.4. The number of nitrogens with one attached hydrogen (secondary N) is 1. The highest BCUT2D eigenvalue weighted by atomic mass is 15.2. The molecule has 0 amide bonds. The topological polar surface area (TPSA) is 78.9 Å². The van der Waals surface area contributed by atoms with Crippen molar-refractivity contribution in [2.24, 2.45) is 5.73 Å². The Kier molecular flexibility index (Phi) is 4.87. The van der Waals surface area contributed by atoms with E-state index < -0.39 is 0 Å². The minimum atomic E-state index is 0.210. The summed E-state index contributed by atoms with van der Waals surface area (Å²) in [6.07, 6.45) is 2.16. The average molecular weight is 235 g/mol. The normalized spacial score (nSPS) is 10.6. The molecule has 5 heteroatoms. The Labute approximate surface area is 103 Å². The number of hydrogen-bond acceptors (Lipinski definition) is 4. The van der Waals surface area contributed by atoms with Crippen LogP contribution in [0.1, 0.15) is 38.8 Å². The Morgan fingerprint density at radius 2 is 2.18 bits per heavy atom. The van der Waals surface area contributed by atoms with Crippen LogP contribution < -0.4 is 10.6 Å². The van der Waals surface area contributed by atoms with Crippen LogP contribution in [0, 0.1) is 5.41 Å². The van der Waals surface area contributed by atoms with E-state index in [1.54, 1.807) is 6.33 Å². The summed E-state index contributed by atoms with van der Waals surface area (Å²) in [6, 6.07) is 2.01. The molecule has 0 atom stereocenters. The zero-order valence-corrected chi connectivity index (χ0v) is 10.8. The molecule has 3 N–H and O–H groups in total. The number of anilines is 1. The standard InChI is InChI=1S/C12H21N5/c1-4-17(6-5-11(13)14)12-7-10(9(2)3)15-8-16-12/h7-9H,4-6H2,1-3H3,(H3,13,14). The first-order valence-corrected chi connectivity index (χ1v) is 5.94. The van der Waals surface area contributed by atoms with Crippen LogP contribution >= 0.6 is 0 Å². The Hall–Kier alpha value is -1.65. The van der Waals surface area contributed by atoms with E-state index in [0.717, 1.165) is 24.6 Å². The quantitative estimate of drug-likeness (QED) is 0.581. The molecule has 0 spiro atoms. The van der Waals surface area contributed by atoms with Crippen molar-refractivity contribution in [2.45, 2.75) is 33.1 Å². The highest BCUT2D eigenvalue weighted by molar-refractivity contribution is 5.77. The van der Waals surface area contributed by atoms with Gasteiger partial charge in [0.05, 0.1) is 5.84 Å². The van der Waals surface area contributed by atoms with E-state index in [1.807, 2.05) is 6.07 Å². The van der Waals surface area contributed by atoms with Crippen LogP contribution in [0.4, 0.5) is 5.82 Å². The Bertz CT molecular complexity index is 375. The maximum atomic E-state index is 7.25. The Morgan fingerprint density at radius 3 is 2.71 bits per heavy atom. The van der Waals surface area contributed by atoms with Gasteiger partial charge in [-0.3, -0.25) is 5.41 Å². The molecule has 1 aromatic heterocycles. The number of hydrogen-bond donors (Lipinski definition) is 2. The van der Waals surface area contributed by atoms with Gasteiger partial charge in [-0.1, -0.05) is 13.8 Å². The molecule has 0 aliphatic heterocycles. The predicted molar refractivity (Wildman–Crippen MR) is 70.5 cm³/mol. The minimum Gasteiger partial charge on any atom is -0.388 e. The van der Waals surface area contributed by atoms with Crippen molar-refractivity contribution in [3.05, 3.63) is 18.1 Å². The lowest BCUT2D eigenvalue weighted by molar-refractivity contribution is 0.782. The van der Waals surface area contributed by atoms with Crippen molar-refractivity contribution >= 4 is 11.7 Å². The van der Waals surface area contributed by atoms with Crippen LogP contribution in [-0.2, 0) is 0 Å². The van der Waals surface area contributed by atoms with Crippen LogP contribution in [0.25, 0.3) is 0 Å². The van der Waals surface area contributed by atoms with Gasteiger partial charge in [0.2, 0.25) is 0 Å².